The molecule has 4 heterocycles. The number of anilines is 1. The number of rotatable bonds is 3. The Kier molecular flexibility index (Phi) is 5.38. The predicted molar refractivity (Wildman–Crippen MR) is 125 cm³/mol. The van der Waals surface area contributed by atoms with Crippen LogP contribution in [0.25, 0.3) is 0 Å². The number of aliphatic hydroxyl groups is 1. The molecule has 0 aliphatic carbocycles. The molecule has 0 saturated carbocycles. The van der Waals surface area contributed by atoms with Crippen molar-refractivity contribution in [3.05, 3.63) is 29.3 Å². The van der Waals surface area contributed by atoms with Crippen molar-refractivity contribution < 1.29 is 37.0 Å². The van der Waals surface area contributed by atoms with Crippen LogP contribution in [-0.2, 0) is 24.9 Å². The molecule has 4 fully saturated rings. The molecule has 2 bridgehead atoms. The normalized spacial score (nSPS) is 37.9. The van der Waals surface area contributed by atoms with Gasteiger partial charge in [0.25, 0.3) is 0 Å². The van der Waals surface area contributed by atoms with E-state index in [0.717, 1.165) is 12.1 Å². The minimum absolute atomic E-state index is 0.00197. The van der Waals surface area contributed by atoms with E-state index in [9.17, 15) is 28.3 Å². The summed E-state index contributed by atoms with van der Waals surface area (Å²) in [5.74, 6) is -1.75. The smallest absolute Gasteiger partial charge is 0.408 e. The van der Waals surface area contributed by atoms with E-state index < -0.39 is 73.0 Å². The third-order valence-corrected chi connectivity index (χ3v) is 13.5. The van der Waals surface area contributed by atoms with E-state index in [1.54, 1.807) is 13.0 Å². The largest absolute Gasteiger partial charge is 0.417 e. The maximum Gasteiger partial charge on any atom is 0.417 e. The first-order valence-corrected chi connectivity index (χ1v) is 15.0. The second kappa shape index (κ2) is 7.54. The number of aliphatic hydroxyl groups excluding tert-OH is 1. The SMILES string of the molecule is CC(C)(C)[Si](C)(C)O[C@H]1[C@H](O)[C@@]23CCO[C@H]4[C@@H]2[C@H](C(=O)N4c2ccc(C#N)c(C(F)(F)F)c2)[C@]1(C)O3. The Morgan fingerprint density at radius 2 is 1.94 bits per heavy atom. The molecule has 36 heavy (non-hydrogen) atoms. The molecule has 5 rings (SSSR count). The summed E-state index contributed by atoms with van der Waals surface area (Å²) in [5, 5.41) is 20.6. The van der Waals surface area contributed by atoms with Gasteiger partial charge >= 0.3 is 6.18 Å². The third-order valence-electron chi connectivity index (χ3n) is 9.08. The Labute approximate surface area is 209 Å². The highest BCUT2D eigenvalue weighted by Gasteiger charge is 2.82. The van der Waals surface area contributed by atoms with Crippen LogP contribution in [-0.4, -0.2) is 55.6 Å². The van der Waals surface area contributed by atoms with Crippen molar-refractivity contribution >= 4 is 19.9 Å². The summed E-state index contributed by atoms with van der Waals surface area (Å²) >= 11 is 0. The van der Waals surface area contributed by atoms with Gasteiger partial charge in [0, 0.05) is 12.1 Å². The van der Waals surface area contributed by atoms with E-state index >= 15 is 0 Å². The number of hydrogen-bond acceptors (Lipinski definition) is 6. The van der Waals surface area contributed by atoms with Gasteiger partial charge in [-0.3, -0.25) is 9.69 Å². The molecule has 11 heteroatoms. The number of benzene rings is 1. The molecule has 0 aromatic heterocycles. The summed E-state index contributed by atoms with van der Waals surface area (Å²) in [6, 6.07) is 4.80. The van der Waals surface area contributed by atoms with Gasteiger partial charge in [-0.15, -0.1) is 0 Å². The van der Waals surface area contributed by atoms with E-state index in [1.807, 2.05) is 0 Å². The molecule has 1 N–H and O–H groups in total. The fourth-order valence-electron chi connectivity index (χ4n) is 6.33. The third kappa shape index (κ3) is 3.21. The van der Waals surface area contributed by atoms with Crippen LogP contribution in [0.5, 0.6) is 0 Å². The highest BCUT2D eigenvalue weighted by atomic mass is 28.4. The van der Waals surface area contributed by atoms with E-state index in [0.29, 0.717) is 6.42 Å². The maximum absolute atomic E-state index is 13.9. The number of fused-ring (bicyclic) bond motifs is 2. The quantitative estimate of drug-likeness (QED) is 0.596. The van der Waals surface area contributed by atoms with Gasteiger partial charge in [0.05, 0.1) is 35.6 Å². The molecule has 1 aromatic carbocycles. The zero-order valence-electron chi connectivity index (χ0n) is 21.1. The summed E-state index contributed by atoms with van der Waals surface area (Å²) < 4.78 is 60.2. The molecule has 4 saturated heterocycles. The van der Waals surface area contributed by atoms with Crippen LogP contribution in [0.1, 0.15) is 45.2 Å². The first-order chi connectivity index (χ1) is 16.5. The van der Waals surface area contributed by atoms with Crippen molar-refractivity contribution in [1.82, 2.24) is 0 Å². The molecule has 4 aliphatic rings. The first-order valence-electron chi connectivity index (χ1n) is 12.1. The summed E-state index contributed by atoms with van der Waals surface area (Å²) in [4.78, 5) is 15.2. The van der Waals surface area contributed by atoms with Gasteiger partial charge in [0.1, 0.15) is 29.6 Å². The van der Waals surface area contributed by atoms with Crippen LogP contribution in [0.3, 0.4) is 0 Å². The zero-order valence-corrected chi connectivity index (χ0v) is 22.1. The fraction of sp³-hybridized carbons (Fsp3) is 0.680. The van der Waals surface area contributed by atoms with Crippen LogP contribution in [0.2, 0.25) is 18.1 Å². The maximum atomic E-state index is 13.9. The molecule has 196 valence electrons. The standard InChI is InChI=1S/C25H31F3N2O5Si/c1-22(2,3)36(5,6)34-19-18(31)24-9-10-33-21-17(24)16(23(19,4)35-24)20(32)30(21)14-8-7-13(12-29)15(11-14)25(26,27)28/h7-8,11,16-19,21,31H,9-10H2,1-6H3/t16-,17+,18+,19+,21+,23+,24-/m1/s1. The lowest BCUT2D eigenvalue weighted by molar-refractivity contribution is -0.165. The Morgan fingerprint density at radius 1 is 1.28 bits per heavy atom. The fourth-order valence-corrected chi connectivity index (χ4v) is 7.68. The molecule has 0 radical (unpaired) electrons. The van der Waals surface area contributed by atoms with Crippen molar-refractivity contribution in [2.24, 2.45) is 11.8 Å². The number of hydrogen-bond donors (Lipinski definition) is 1. The van der Waals surface area contributed by atoms with Gasteiger partial charge < -0.3 is 19.0 Å². The Balaban J connectivity index is 1.58. The summed E-state index contributed by atoms with van der Waals surface area (Å²) in [5.41, 5.74) is -3.90. The number of alkyl halides is 3. The van der Waals surface area contributed by atoms with Gasteiger partial charge in [-0.05, 0) is 43.3 Å². The first kappa shape index (κ1) is 25.7. The lowest BCUT2D eigenvalue weighted by atomic mass is 9.63. The Bertz CT molecular complexity index is 1160. The molecular formula is C25H31F3N2O5Si. The number of amides is 1. The monoisotopic (exact) mass is 524 g/mol. The van der Waals surface area contributed by atoms with Crippen molar-refractivity contribution in [1.29, 1.82) is 5.26 Å². The van der Waals surface area contributed by atoms with Crippen LogP contribution >= 0.6 is 0 Å². The highest BCUT2D eigenvalue weighted by molar-refractivity contribution is 6.74. The average Bonchev–Trinajstić information content (AvgIpc) is 3.30. The van der Waals surface area contributed by atoms with Gasteiger partial charge in [0.2, 0.25) is 5.91 Å². The molecule has 1 aromatic rings. The van der Waals surface area contributed by atoms with Crippen LogP contribution in [0.4, 0.5) is 18.9 Å². The van der Waals surface area contributed by atoms with Crippen LogP contribution in [0.15, 0.2) is 18.2 Å². The minimum atomic E-state index is -4.76. The second-order valence-corrected chi connectivity index (χ2v) is 16.8. The number of nitriles is 1. The topological polar surface area (TPSA) is 92.0 Å². The van der Waals surface area contributed by atoms with Crippen molar-refractivity contribution in [2.45, 2.75) is 88.1 Å². The van der Waals surface area contributed by atoms with E-state index in [4.69, 9.17) is 13.9 Å². The molecule has 4 aliphatic heterocycles. The van der Waals surface area contributed by atoms with E-state index in [1.165, 1.54) is 11.0 Å². The molecule has 7 nitrogen and oxygen atoms in total. The van der Waals surface area contributed by atoms with Crippen molar-refractivity contribution in [3.8, 4) is 6.07 Å². The number of nitrogens with zero attached hydrogens (tertiary/aromatic N) is 2. The van der Waals surface area contributed by atoms with Gasteiger partial charge in [-0.1, -0.05) is 20.8 Å². The number of halogens is 3. The molecule has 7 atom stereocenters. The van der Waals surface area contributed by atoms with Gasteiger partial charge in [0.15, 0.2) is 8.32 Å². The van der Waals surface area contributed by atoms with Crippen LogP contribution in [0, 0.1) is 23.2 Å². The molecule has 0 unspecified atom stereocenters. The van der Waals surface area contributed by atoms with E-state index in [-0.39, 0.29) is 17.3 Å². The molecular weight excluding hydrogens is 493 g/mol. The predicted octanol–water partition coefficient (Wildman–Crippen LogP) is 4.20. The molecule has 1 spiro atoms. The van der Waals surface area contributed by atoms with Crippen molar-refractivity contribution in [2.75, 3.05) is 11.5 Å². The summed E-state index contributed by atoms with van der Waals surface area (Å²) in [6.07, 6.45) is -7.07. The zero-order chi connectivity index (χ0) is 26.6. The Hall–Kier alpha value is -1.97. The number of carbonyl (C=O) groups is 1. The lowest BCUT2D eigenvalue weighted by Crippen LogP contribution is -2.64. The van der Waals surface area contributed by atoms with E-state index in [2.05, 4.69) is 33.9 Å². The van der Waals surface area contributed by atoms with Crippen LogP contribution < -0.4 is 4.90 Å². The summed E-state index contributed by atoms with van der Waals surface area (Å²) in [6.45, 7) is 12.3. The highest BCUT2D eigenvalue weighted by Crippen LogP contribution is 2.66. The average molecular weight is 525 g/mol. The number of carbonyl (C=O) groups excluding carboxylic acids is 1. The van der Waals surface area contributed by atoms with Gasteiger partial charge in [-0.2, -0.15) is 18.4 Å². The summed E-state index contributed by atoms with van der Waals surface area (Å²) in [7, 11) is -2.38. The Morgan fingerprint density at radius 3 is 2.53 bits per heavy atom. The second-order valence-electron chi connectivity index (χ2n) is 12.0. The lowest BCUT2D eigenvalue weighted by Gasteiger charge is -2.48. The van der Waals surface area contributed by atoms with Crippen molar-refractivity contribution in [3.63, 3.8) is 0 Å². The number of ether oxygens (including phenoxy) is 2. The molecule has 1 amide bonds. The van der Waals surface area contributed by atoms with Gasteiger partial charge in [-0.25, -0.2) is 0 Å². The minimum Gasteiger partial charge on any atom is -0.408 e.